The molecule has 0 aliphatic rings. The summed E-state index contributed by atoms with van der Waals surface area (Å²) < 4.78 is 3.71. The van der Waals surface area contributed by atoms with Gasteiger partial charge >= 0.3 is 0 Å². The van der Waals surface area contributed by atoms with E-state index in [0.29, 0.717) is 11.7 Å². The van der Waals surface area contributed by atoms with Crippen molar-refractivity contribution in [3.63, 3.8) is 0 Å². The zero-order valence-electron chi connectivity index (χ0n) is 12.0. The van der Waals surface area contributed by atoms with Crippen LogP contribution in [0.25, 0.3) is 10.4 Å². The van der Waals surface area contributed by atoms with Crippen molar-refractivity contribution >= 4 is 17.4 Å². The van der Waals surface area contributed by atoms with E-state index in [9.17, 15) is 0 Å². The Hall–Kier alpha value is -0.336. The molecule has 0 aromatic heterocycles. The molecule has 3 N–H and O–H groups in total. The van der Waals surface area contributed by atoms with Gasteiger partial charge in [0, 0.05) is 11.1 Å². The Balaban J connectivity index is 4.79. The number of rotatable bonds is 7. The van der Waals surface area contributed by atoms with Gasteiger partial charge < -0.3 is 10.0 Å². The molecule has 100 valence electrons. The van der Waals surface area contributed by atoms with Crippen LogP contribution in [0, 0.1) is 0 Å². The minimum absolute atomic E-state index is 0.156. The van der Waals surface area contributed by atoms with Crippen LogP contribution in [0.1, 0.15) is 41.0 Å². The molecule has 0 saturated carbocycles. The van der Waals surface area contributed by atoms with E-state index in [1.165, 1.54) is 0 Å². The van der Waals surface area contributed by atoms with Crippen molar-refractivity contribution in [3.05, 3.63) is 10.4 Å². The van der Waals surface area contributed by atoms with E-state index in [2.05, 4.69) is 55.8 Å². The third kappa shape index (κ3) is 4.81. The van der Waals surface area contributed by atoms with Gasteiger partial charge in [0.15, 0.2) is 8.40 Å². The average Bonchev–Trinajstić information content (AvgIpc) is 2.23. The molecule has 0 saturated heterocycles. The maximum atomic E-state index is 8.43. The van der Waals surface area contributed by atoms with Gasteiger partial charge in [0.05, 0.1) is 0 Å². The van der Waals surface area contributed by atoms with E-state index >= 15 is 0 Å². The van der Waals surface area contributed by atoms with Gasteiger partial charge in [0.1, 0.15) is 8.96 Å². The number of hydrogen-bond donors (Lipinski definition) is 2. The van der Waals surface area contributed by atoms with Gasteiger partial charge in [-0.05, 0) is 22.7 Å². The first-order valence-electron chi connectivity index (χ1n) is 6.25. The lowest BCUT2D eigenvalue weighted by Gasteiger charge is -2.42. The molecule has 0 fully saturated rings. The maximum absolute atomic E-state index is 8.43. The van der Waals surface area contributed by atoms with E-state index in [4.69, 9.17) is 10.9 Å². The number of hydrogen-bond acceptors (Lipinski definition) is 3. The molecular weight excluding hydrogens is 246 g/mol. The third-order valence-electron chi connectivity index (χ3n) is 3.92. The smallest absolute Gasteiger partial charge is 0.194 e. The first kappa shape index (κ1) is 16.7. The molecule has 0 spiro atoms. The monoisotopic (exact) mass is 273 g/mol. The summed E-state index contributed by atoms with van der Waals surface area (Å²) in [5.41, 5.74) is 8.98. The minimum atomic E-state index is -1.98. The van der Waals surface area contributed by atoms with Crippen molar-refractivity contribution in [3.8, 4) is 0 Å². The molecule has 7 heteroatoms. The van der Waals surface area contributed by atoms with Gasteiger partial charge in [-0.15, -0.1) is 0 Å². The molecular formula is C10H27N5Si2. The van der Waals surface area contributed by atoms with Crippen LogP contribution >= 0.6 is 0 Å². The number of nitrogens with two attached hydrogens (primary N) is 1. The van der Waals surface area contributed by atoms with E-state index in [1.807, 2.05) is 0 Å². The molecule has 0 rings (SSSR count). The lowest BCUT2D eigenvalue weighted by atomic mass is 10.1. The SMILES string of the molecule is CCC(C)(C)[Si](C)(N)N[Si@@H](CN=[N+]=[N-])C(C)C. The summed E-state index contributed by atoms with van der Waals surface area (Å²) in [7, 11) is -3.28. The van der Waals surface area contributed by atoms with Gasteiger partial charge in [-0.3, -0.25) is 0 Å². The molecule has 0 amide bonds. The summed E-state index contributed by atoms with van der Waals surface area (Å²) in [6.07, 6.45) is 1.67. The maximum Gasteiger partial charge on any atom is 0.194 e. The number of nitrogens with zero attached hydrogens (tertiary/aromatic N) is 3. The highest BCUT2D eigenvalue weighted by molar-refractivity contribution is 6.85. The molecule has 0 aliphatic heterocycles. The van der Waals surface area contributed by atoms with Crippen molar-refractivity contribution in [2.45, 2.75) is 58.2 Å². The topological polar surface area (TPSA) is 86.8 Å². The average molecular weight is 274 g/mol. The summed E-state index contributed by atoms with van der Waals surface area (Å²) in [5.74, 6) is 0. The summed E-state index contributed by atoms with van der Waals surface area (Å²) in [6.45, 7) is 13.2. The van der Waals surface area contributed by atoms with Crippen LogP contribution in [-0.4, -0.2) is 23.5 Å². The Morgan fingerprint density at radius 1 is 1.53 bits per heavy atom. The van der Waals surface area contributed by atoms with Crippen molar-refractivity contribution in [2.75, 3.05) is 6.17 Å². The van der Waals surface area contributed by atoms with Crippen molar-refractivity contribution in [2.24, 2.45) is 10.5 Å². The van der Waals surface area contributed by atoms with Gasteiger partial charge in [-0.2, -0.15) is 0 Å². The summed E-state index contributed by atoms with van der Waals surface area (Å²) in [5, 5.41) is 10.4. The van der Waals surface area contributed by atoms with Crippen molar-refractivity contribution in [1.29, 1.82) is 0 Å². The van der Waals surface area contributed by atoms with E-state index < -0.39 is 17.4 Å². The summed E-state index contributed by atoms with van der Waals surface area (Å²) in [4.78, 5) is 2.86. The highest BCUT2D eigenvalue weighted by Crippen LogP contribution is 2.35. The van der Waals surface area contributed by atoms with Gasteiger partial charge in [-0.1, -0.05) is 46.2 Å². The van der Waals surface area contributed by atoms with Crippen molar-refractivity contribution < 1.29 is 0 Å². The second-order valence-electron chi connectivity index (χ2n) is 5.85. The van der Waals surface area contributed by atoms with Crippen LogP contribution in [0.5, 0.6) is 0 Å². The molecule has 0 aliphatic carbocycles. The second-order valence-corrected chi connectivity index (χ2v) is 13.7. The van der Waals surface area contributed by atoms with Crippen LogP contribution in [-0.2, 0) is 0 Å². The highest BCUT2D eigenvalue weighted by Gasteiger charge is 2.41. The van der Waals surface area contributed by atoms with Crippen LogP contribution < -0.4 is 10.0 Å². The molecule has 0 radical (unpaired) electrons. The Labute approximate surface area is 108 Å². The van der Waals surface area contributed by atoms with Gasteiger partial charge in [0.2, 0.25) is 0 Å². The molecule has 0 aromatic rings. The van der Waals surface area contributed by atoms with Crippen molar-refractivity contribution in [1.82, 2.24) is 4.65 Å². The molecule has 5 nitrogen and oxygen atoms in total. The highest BCUT2D eigenvalue weighted by atomic mass is 28.4. The quantitative estimate of drug-likeness (QED) is 0.323. The Morgan fingerprint density at radius 3 is 2.41 bits per heavy atom. The summed E-state index contributed by atoms with van der Waals surface area (Å²) in [6, 6.07) is 0. The lowest BCUT2D eigenvalue weighted by molar-refractivity contribution is 0.606. The third-order valence-corrected chi connectivity index (χ3v) is 13.1. The van der Waals surface area contributed by atoms with Crippen LogP contribution in [0.3, 0.4) is 0 Å². The zero-order valence-corrected chi connectivity index (χ0v) is 14.1. The largest absolute Gasteiger partial charge is 0.349 e. The Kier molecular flexibility index (Phi) is 6.43. The molecule has 17 heavy (non-hydrogen) atoms. The van der Waals surface area contributed by atoms with Crippen LogP contribution in [0.2, 0.25) is 17.1 Å². The van der Waals surface area contributed by atoms with E-state index in [-0.39, 0.29) is 5.04 Å². The second kappa shape index (κ2) is 6.56. The van der Waals surface area contributed by atoms with Crippen LogP contribution in [0.4, 0.5) is 0 Å². The van der Waals surface area contributed by atoms with Gasteiger partial charge in [0.25, 0.3) is 0 Å². The fraction of sp³-hybridized carbons (Fsp3) is 1.00. The zero-order chi connectivity index (χ0) is 13.7. The molecule has 1 unspecified atom stereocenters. The molecule has 0 bridgehead atoms. The molecule has 0 aromatic carbocycles. The normalized spacial score (nSPS) is 17.4. The Bertz CT molecular complexity index is 284. The predicted octanol–water partition coefficient (Wildman–Crippen LogP) is 2.78. The lowest BCUT2D eigenvalue weighted by Crippen LogP contribution is -2.68. The van der Waals surface area contributed by atoms with Crippen LogP contribution in [0.15, 0.2) is 5.11 Å². The number of azide groups is 1. The van der Waals surface area contributed by atoms with Gasteiger partial charge in [-0.25, -0.2) is 0 Å². The molecule has 2 atom stereocenters. The molecule has 0 heterocycles. The summed E-state index contributed by atoms with van der Waals surface area (Å²) >= 11 is 0. The fourth-order valence-corrected chi connectivity index (χ4v) is 9.24. The van der Waals surface area contributed by atoms with E-state index in [0.717, 1.165) is 6.42 Å². The van der Waals surface area contributed by atoms with E-state index in [1.54, 1.807) is 0 Å². The Morgan fingerprint density at radius 2 is 2.06 bits per heavy atom. The fourth-order valence-electron chi connectivity index (χ4n) is 1.50. The number of nitrogens with one attached hydrogen (secondary N) is 1. The standard InChI is InChI=1S/C10H27N5Si2/c1-7-10(4,5)17(6,12)15-16(9(2)3)8-13-14-11/h9,15-16H,7-8,12H2,1-6H3/t16-,17?/m0/s1. The predicted molar refractivity (Wildman–Crippen MR) is 79.5 cm³/mol. The minimum Gasteiger partial charge on any atom is -0.349 e. The first-order valence-corrected chi connectivity index (χ1v) is 10.9. The first-order chi connectivity index (χ1) is 7.68.